The van der Waals surface area contributed by atoms with E-state index in [0.717, 1.165) is 31.5 Å². The van der Waals surface area contributed by atoms with Gasteiger partial charge in [-0.25, -0.2) is 0 Å². The first-order chi connectivity index (χ1) is 13.1. The zero-order valence-electron chi connectivity index (χ0n) is 16.4. The summed E-state index contributed by atoms with van der Waals surface area (Å²) in [6.07, 6.45) is 2.09. The summed E-state index contributed by atoms with van der Waals surface area (Å²) in [7, 11) is 0. The Morgan fingerprint density at radius 2 is 1.78 bits per heavy atom. The summed E-state index contributed by atoms with van der Waals surface area (Å²) < 4.78 is 0. The van der Waals surface area contributed by atoms with E-state index >= 15 is 0 Å². The third kappa shape index (κ3) is 4.76. The van der Waals surface area contributed by atoms with Crippen molar-refractivity contribution in [2.45, 2.75) is 45.3 Å². The fraction of sp³-hybridized carbons (Fsp3) is 0.435. The number of hydrogen-bond donors (Lipinski definition) is 2. The van der Waals surface area contributed by atoms with Crippen LogP contribution in [0.5, 0.6) is 0 Å². The van der Waals surface area contributed by atoms with E-state index in [1.807, 2.05) is 37.3 Å². The van der Waals surface area contributed by atoms with Gasteiger partial charge in [0.05, 0.1) is 5.92 Å². The van der Waals surface area contributed by atoms with Gasteiger partial charge in [0.1, 0.15) is 0 Å². The minimum absolute atomic E-state index is 0.0298. The summed E-state index contributed by atoms with van der Waals surface area (Å²) >= 11 is 0. The standard InChI is InChI=1S/C23H31N3O/c1-3-21(26-14-13-18-9-7-8-12-20(18)16-26)15-25-23(27)17(2)22(24)19-10-5-4-6-11-19/h4-12,17,21-22H,3,13-16,24H2,1-2H3,(H,25,27). The highest BCUT2D eigenvalue weighted by atomic mass is 16.1. The molecule has 1 heterocycles. The predicted molar refractivity (Wildman–Crippen MR) is 110 cm³/mol. The molecule has 0 saturated carbocycles. The van der Waals surface area contributed by atoms with Crippen molar-refractivity contribution in [3.63, 3.8) is 0 Å². The van der Waals surface area contributed by atoms with Crippen LogP contribution >= 0.6 is 0 Å². The Labute approximate surface area is 162 Å². The molecule has 2 aromatic carbocycles. The van der Waals surface area contributed by atoms with Gasteiger partial charge in [-0.3, -0.25) is 9.69 Å². The molecule has 0 radical (unpaired) electrons. The number of benzene rings is 2. The van der Waals surface area contributed by atoms with Crippen molar-refractivity contribution in [1.29, 1.82) is 0 Å². The number of nitrogens with one attached hydrogen (secondary N) is 1. The third-order valence-electron chi connectivity index (χ3n) is 5.80. The molecule has 1 aliphatic rings. The molecular weight excluding hydrogens is 334 g/mol. The number of rotatable bonds is 7. The van der Waals surface area contributed by atoms with Crippen LogP contribution < -0.4 is 11.1 Å². The number of nitrogens with two attached hydrogens (primary N) is 1. The molecular formula is C23H31N3O. The summed E-state index contributed by atoms with van der Waals surface area (Å²) in [5, 5.41) is 3.14. The predicted octanol–water partition coefficient (Wildman–Crippen LogP) is 3.28. The Kier molecular flexibility index (Phi) is 6.64. The molecule has 3 N–H and O–H groups in total. The molecule has 0 bridgehead atoms. The molecule has 3 atom stereocenters. The highest BCUT2D eigenvalue weighted by Gasteiger charge is 2.25. The van der Waals surface area contributed by atoms with E-state index in [2.05, 4.69) is 41.4 Å². The highest BCUT2D eigenvalue weighted by molar-refractivity contribution is 5.79. The minimum Gasteiger partial charge on any atom is -0.354 e. The molecule has 4 heteroatoms. The van der Waals surface area contributed by atoms with Crippen LogP contribution in [0.2, 0.25) is 0 Å². The Hall–Kier alpha value is -2.17. The van der Waals surface area contributed by atoms with Crippen molar-refractivity contribution < 1.29 is 4.79 Å². The lowest BCUT2D eigenvalue weighted by Crippen LogP contribution is -2.47. The van der Waals surface area contributed by atoms with Crippen LogP contribution in [0.3, 0.4) is 0 Å². The average Bonchev–Trinajstić information content (AvgIpc) is 2.73. The number of nitrogens with zero attached hydrogens (tertiary/aromatic N) is 1. The largest absolute Gasteiger partial charge is 0.354 e. The molecule has 0 aliphatic carbocycles. The number of carbonyl (C=O) groups is 1. The second-order valence-electron chi connectivity index (χ2n) is 7.52. The quantitative estimate of drug-likeness (QED) is 0.792. The zero-order chi connectivity index (χ0) is 19.2. The highest BCUT2D eigenvalue weighted by Crippen LogP contribution is 2.22. The van der Waals surface area contributed by atoms with Gasteiger partial charge in [0, 0.05) is 31.7 Å². The third-order valence-corrected chi connectivity index (χ3v) is 5.80. The van der Waals surface area contributed by atoms with Crippen LogP contribution in [0.1, 0.15) is 43.0 Å². The van der Waals surface area contributed by atoms with Crippen LogP contribution in [0.15, 0.2) is 54.6 Å². The van der Waals surface area contributed by atoms with Gasteiger partial charge < -0.3 is 11.1 Å². The second kappa shape index (κ2) is 9.16. The first kappa shape index (κ1) is 19.6. The van der Waals surface area contributed by atoms with E-state index in [4.69, 9.17) is 5.73 Å². The lowest BCUT2D eigenvalue weighted by atomic mass is 9.94. The van der Waals surface area contributed by atoms with Crippen molar-refractivity contribution in [2.75, 3.05) is 13.1 Å². The molecule has 3 rings (SSSR count). The summed E-state index contributed by atoms with van der Waals surface area (Å²) in [6, 6.07) is 18.6. The maximum absolute atomic E-state index is 12.6. The fourth-order valence-electron chi connectivity index (χ4n) is 3.87. The van der Waals surface area contributed by atoms with E-state index in [-0.39, 0.29) is 17.9 Å². The SMILES string of the molecule is CCC(CNC(=O)C(C)C(N)c1ccccc1)N1CCc2ccccc2C1. The molecule has 144 valence electrons. The summed E-state index contributed by atoms with van der Waals surface area (Å²) in [6.45, 7) is 6.78. The van der Waals surface area contributed by atoms with Gasteiger partial charge in [-0.2, -0.15) is 0 Å². The van der Waals surface area contributed by atoms with Crippen LogP contribution in [0, 0.1) is 5.92 Å². The van der Waals surface area contributed by atoms with Gasteiger partial charge >= 0.3 is 0 Å². The molecule has 0 saturated heterocycles. The van der Waals surface area contributed by atoms with E-state index < -0.39 is 0 Å². The van der Waals surface area contributed by atoms with E-state index in [1.165, 1.54) is 11.1 Å². The zero-order valence-corrected chi connectivity index (χ0v) is 16.4. The molecule has 0 spiro atoms. The lowest BCUT2D eigenvalue weighted by molar-refractivity contribution is -0.125. The first-order valence-corrected chi connectivity index (χ1v) is 9.99. The number of amides is 1. The van der Waals surface area contributed by atoms with Crippen LogP contribution in [0.25, 0.3) is 0 Å². The first-order valence-electron chi connectivity index (χ1n) is 9.99. The van der Waals surface area contributed by atoms with Crippen LogP contribution in [-0.4, -0.2) is 29.9 Å². The van der Waals surface area contributed by atoms with Gasteiger partial charge in [-0.1, -0.05) is 68.4 Å². The van der Waals surface area contributed by atoms with Gasteiger partial charge in [0.2, 0.25) is 5.91 Å². The minimum atomic E-state index is -0.284. The van der Waals surface area contributed by atoms with Crippen molar-refractivity contribution >= 4 is 5.91 Å². The molecule has 1 amide bonds. The van der Waals surface area contributed by atoms with Gasteiger partial charge in [-0.05, 0) is 29.5 Å². The van der Waals surface area contributed by atoms with Crippen molar-refractivity contribution in [1.82, 2.24) is 10.2 Å². The van der Waals surface area contributed by atoms with E-state index in [9.17, 15) is 4.79 Å². The Morgan fingerprint density at radius 1 is 1.11 bits per heavy atom. The molecule has 27 heavy (non-hydrogen) atoms. The molecule has 0 fully saturated rings. The van der Waals surface area contributed by atoms with Crippen LogP contribution in [0.4, 0.5) is 0 Å². The number of fused-ring (bicyclic) bond motifs is 1. The lowest BCUT2D eigenvalue weighted by Gasteiger charge is -2.35. The average molecular weight is 366 g/mol. The van der Waals surface area contributed by atoms with Crippen molar-refractivity contribution in [3.8, 4) is 0 Å². The molecule has 2 aromatic rings. The van der Waals surface area contributed by atoms with Gasteiger partial charge in [-0.15, -0.1) is 0 Å². The smallest absolute Gasteiger partial charge is 0.224 e. The molecule has 0 aromatic heterocycles. The van der Waals surface area contributed by atoms with Gasteiger partial charge in [0.15, 0.2) is 0 Å². The van der Waals surface area contributed by atoms with Crippen LogP contribution in [-0.2, 0) is 17.8 Å². The monoisotopic (exact) mass is 365 g/mol. The van der Waals surface area contributed by atoms with Crippen molar-refractivity contribution in [3.05, 3.63) is 71.3 Å². The maximum atomic E-state index is 12.6. The molecule has 3 unspecified atom stereocenters. The Morgan fingerprint density at radius 3 is 2.48 bits per heavy atom. The topological polar surface area (TPSA) is 58.4 Å². The maximum Gasteiger partial charge on any atom is 0.224 e. The Bertz CT molecular complexity index is 746. The fourth-order valence-corrected chi connectivity index (χ4v) is 3.87. The summed E-state index contributed by atoms with van der Waals surface area (Å²) in [5.41, 5.74) is 10.2. The molecule has 1 aliphatic heterocycles. The number of carbonyl (C=O) groups excluding carboxylic acids is 1. The second-order valence-corrected chi connectivity index (χ2v) is 7.52. The van der Waals surface area contributed by atoms with E-state index in [0.29, 0.717) is 12.6 Å². The van der Waals surface area contributed by atoms with E-state index in [1.54, 1.807) is 0 Å². The van der Waals surface area contributed by atoms with Gasteiger partial charge in [0.25, 0.3) is 0 Å². The molecule has 4 nitrogen and oxygen atoms in total. The van der Waals surface area contributed by atoms with Crippen molar-refractivity contribution in [2.24, 2.45) is 11.7 Å². The summed E-state index contributed by atoms with van der Waals surface area (Å²) in [4.78, 5) is 15.1. The summed E-state index contributed by atoms with van der Waals surface area (Å²) in [5.74, 6) is -0.228. The number of hydrogen-bond acceptors (Lipinski definition) is 3. The Balaban J connectivity index is 1.55. The normalized spacial score (nSPS) is 17.6.